The number of hydrogen-bond acceptors (Lipinski definition) is 2. The Bertz CT molecular complexity index is 250. The molecule has 0 bridgehead atoms. The van der Waals surface area contributed by atoms with Crippen LogP contribution in [0.25, 0.3) is 0 Å². The number of alkyl halides is 1. The Morgan fingerprint density at radius 2 is 2.20 bits per heavy atom. The van der Waals surface area contributed by atoms with E-state index in [0.29, 0.717) is 26.1 Å². The van der Waals surface area contributed by atoms with Crippen molar-refractivity contribution in [2.24, 2.45) is 0 Å². The molecular weight excluding hydrogens is 199 g/mol. The second-order valence-corrected chi connectivity index (χ2v) is 4.42. The molecular formula is C10H17FN2O2. The molecule has 0 unspecified atom stereocenters. The maximum absolute atomic E-state index is 12.9. The zero-order valence-electron chi connectivity index (χ0n) is 8.73. The van der Waals surface area contributed by atoms with Crippen LogP contribution in [-0.2, 0) is 0 Å². The van der Waals surface area contributed by atoms with E-state index >= 15 is 0 Å². The molecule has 0 aromatic heterocycles. The molecule has 2 fully saturated rings. The number of likely N-dealkylation sites (tertiary alicyclic amines) is 2. The number of hydrogen-bond donors (Lipinski definition) is 1. The zero-order valence-corrected chi connectivity index (χ0v) is 8.73. The highest BCUT2D eigenvalue weighted by molar-refractivity contribution is 5.65. The molecule has 5 heteroatoms. The van der Waals surface area contributed by atoms with E-state index in [1.807, 2.05) is 4.90 Å². The highest BCUT2D eigenvalue weighted by Gasteiger charge is 2.32. The number of nitrogens with zero attached hydrogens (tertiary/aromatic N) is 2. The van der Waals surface area contributed by atoms with E-state index in [-0.39, 0.29) is 6.04 Å². The van der Waals surface area contributed by atoms with Crippen LogP contribution in [0.5, 0.6) is 0 Å². The van der Waals surface area contributed by atoms with Gasteiger partial charge in [0, 0.05) is 32.2 Å². The van der Waals surface area contributed by atoms with E-state index in [1.54, 1.807) is 0 Å². The van der Waals surface area contributed by atoms with E-state index in [2.05, 4.69) is 0 Å². The molecule has 1 N–H and O–H groups in total. The van der Waals surface area contributed by atoms with Crippen LogP contribution in [0.3, 0.4) is 0 Å². The summed E-state index contributed by atoms with van der Waals surface area (Å²) in [5.74, 6) is 0. The lowest BCUT2D eigenvalue weighted by atomic mass is 10.2. The summed E-state index contributed by atoms with van der Waals surface area (Å²) in [5, 5.41) is 8.94. The van der Waals surface area contributed by atoms with Crippen LogP contribution < -0.4 is 0 Å². The van der Waals surface area contributed by atoms with Gasteiger partial charge in [0.2, 0.25) is 0 Å². The topological polar surface area (TPSA) is 43.8 Å². The summed E-state index contributed by atoms with van der Waals surface area (Å²) in [6.45, 7) is 2.58. The summed E-state index contributed by atoms with van der Waals surface area (Å²) in [6, 6.07) is 0.0767. The largest absolute Gasteiger partial charge is 0.465 e. The molecule has 0 aromatic rings. The van der Waals surface area contributed by atoms with Crippen molar-refractivity contribution >= 4 is 6.09 Å². The zero-order chi connectivity index (χ0) is 10.8. The Hall–Kier alpha value is -0.840. The number of halogens is 1. The minimum absolute atomic E-state index is 0.0767. The van der Waals surface area contributed by atoms with Crippen molar-refractivity contribution in [1.82, 2.24) is 9.80 Å². The molecule has 2 atom stereocenters. The van der Waals surface area contributed by atoms with Gasteiger partial charge >= 0.3 is 6.09 Å². The van der Waals surface area contributed by atoms with Gasteiger partial charge < -0.3 is 10.0 Å². The second-order valence-electron chi connectivity index (χ2n) is 4.42. The number of amides is 1. The van der Waals surface area contributed by atoms with Crippen molar-refractivity contribution in [3.05, 3.63) is 0 Å². The van der Waals surface area contributed by atoms with Gasteiger partial charge in [0.05, 0.1) is 0 Å². The monoisotopic (exact) mass is 216 g/mol. The molecule has 0 spiro atoms. The van der Waals surface area contributed by atoms with Gasteiger partial charge in [0.1, 0.15) is 6.17 Å². The Morgan fingerprint density at radius 3 is 2.80 bits per heavy atom. The molecule has 4 nitrogen and oxygen atoms in total. The van der Waals surface area contributed by atoms with Crippen molar-refractivity contribution in [3.8, 4) is 0 Å². The van der Waals surface area contributed by atoms with Crippen molar-refractivity contribution in [1.29, 1.82) is 0 Å². The summed E-state index contributed by atoms with van der Waals surface area (Å²) in [4.78, 5) is 14.4. The van der Waals surface area contributed by atoms with Gasteiger partial charge in [0.25, 0.3) is 0 Å². The Morgan fingerprint density at radius 1 is 1.40 bits per heavy atom. The molecule has 2 saturated heterocycles. The van der Waals surface area contributed by atoms with Gasteiger partial charge in [-0.05, 0) is 19.3 Å². The van der Waals surface area contributed by atoms with Gasteiger partial charge in [0.15, 0.2) is 0 Å². The summed E-state index contributed by atoms with van der Waals surface area (Å²) in [5.41, 5.74) is 0. The van der Waals surface area contributed by atoms with Crippen LogP contribution in [0.2, 0.25) is 0 Å². The number of carboxylic acid groups (broad SMARTS) is 1. The molecule has 86 valence electrons. The third kappa shape index (κ3) is 2.40. The lowest BCUT2D eigenvalue weighted by Gasteiger charge is -2.26. The fourth-order valence-corrected chi connectivity index (χ4v) is 2.53. The first-order chi connectivity index (χ1) is 7.16. The first-order valence-corrected chi connectivity index (χ1v) is 5.53. The first-order valence-electron chi connectivity index (χ1n) is 5.53. The highest BCUT2D eigenvalue weighted by atomic mass is 19.1. The lowest BCUT2D eigenvalue weighted by Crippen LogP contribution is -2.42. The SMILES string of the molecule is O=C(O)N1CCC[C@H]1CN1CC[C@H](F)C1. The molecule has 2 heterocycles. The number of carbonyl (C=O) groups is 1. The minimum atomic E-state index is -0.839. The third-order valence-electron chi connectivity index (χ3n) is 3.31. The fraction of sp³-hybridized carbons (Fsp3) is 0.900. The maximum atomic E-state index is 12.9. The molecule has 0 saturated carbocycles. The van der Waals surface area contributed by atoms with Crippen molar-refractivity contribution in [2.45, 2.75) is 31.5 Å². The molecule has 2 rings (SSSR count). The maximum Gasteiger partial charge on any atom is 0.407 e. The van der Waals surface area contributed by atoms with Gasteiger partial charge in [-0.25, -0.2) is 9.18 Å². The summed E-state index contributed by atoms with van der Waals surface area (Å²) in [7, 11) is 0. The van der Waals surface area contributed by atoms with Gasteiger partial charge in [-0.15, -0.1) is 0 Å². The van der Waals surface area contributed by atoms with Crippen molar-refractivity contribution < 1.29 is 14.3 Å². The predicted molar refractivity (Wildman–Crippen MR) is 53.7 cm³/mol. The van der Waals surface area contributed by atoms with Crippen LogP contribution >= 0.6 is 0 Å². The Kier molecular flexibility index (Phi) is 3.09. The molecule has 2 aliphatic heterocycles. The quantitative estimate of drug-likeness (QED) is 0.753. The third-order valence-corrected chi connectivity index (χ3v) is 3.31. The molecule has 0 aliphatic carbocycles. The van der Waals surface area contributed by atoms with E-state index in [9.17, 15) is 9.18 Å². The van der Waals surface area contributed by atoms with Crippen LogP contribution in [0, 0.1) is 0 Å². The van der Waals surface area contributed by atoms with E-state index in [0.717, 1.165) is 19.4 Å². The van der Waals surface area contributed by atoms with Crippen molar-refractivity contribution in [3.63, 3.8) is 0 Å². The molecule has 2 aliphatic rings. The smallest absolute Gasteiger partial charge is 0.407 e. The van der Waals surface area contributed by atoms with Crippen LogP contribution in [0.15, 0.2) is 0 Å². The average molecular weight is 216 g/mol. The number of rotatable bonds is 2. The average Bonchev–Trinajstić information content (AvgIpc) is 2.75. The molecule has 0 aromatic carbocycles. The van der Waals surface area contributed by atoms with Crippen molar-refractivity contribution in [2.75, 3.05) is 26.2 Å². The van der Waals surface area contributed by atoms with E-state index < -0.39 is 12.3 Å². The van der Waals surface area contributed by atoms with E-state index in [4.69, 9.17) is 5.11 Å². The van der Waals surface area contributed by atoms with Crippen LogP contribution in [0.4, 0.5) is 9.18 Å². The lowest BCUT2D eigenvalue weighted by molar-refractivity contribution is 0.128. The normalized spacial score (nSPS) is 32.5. The van der Waals surface area contributed by atoms with E-state index in [1.165, 1.54) is 4.90 Å². The van der Waals surface area contributed by atoms with Gasteiger partial charge in [-0.1, -0.05) is 0 Å². The molecule has 1 amide bonds. The van der Waals surface area contributed by atoms with Gasteiger partial charge in [-0.2, -0.15) is 0 Å². The second kappa shape index (κ2) is 4.35. The molecule has 0 radical (unpaired) electrons. The van der Waals surface area contributed by atoms with Crippen LogP contribution in [-0.4, -0.2) is 59.4 Å². The van der Waals surface area contributed by atoms with Gasteiger partial charge in [-0.3, -0.25) is 4.90 Å². The fourth-order valence-electron chi connectivity index (χ4n) is 2.53. The summed E-state index contributed by atoms with van der Waals surface area (Å²) in [6.07, 6.45) is 0.891. The molecule has 15 heavy (non-hydrogen) atoms. The summed E-state index contributed by atoms with van der Waals surface area (Å²) >= 11 is 0. The highest BCUT2D eigenvalue weighted by Crippen LogP contribution is 2.21. The Balaban J connectivity index is 1.85. The minimum Gasteiger partial charge on any atom is -0.465 e. The van der Waals surface area contributed by atoms with Crippen LogP contribution in [0.1, 0.15) is 19.3 Å². The Labute approximate surface area is 88.7 Å². The standard InChI is InChI=1S/C10H17FN2O2/c11-8-3-5-12(6-8)7-9-2-1-4-13(9)10(14)15/h8-9H,1-7H2,(H,14,15)/t8-,9-/m0/s1. The predicted octanol–water partition coefficient (Wildman–Crippen LogP) is 1.17. The first kappa shape index (κ1) is 10.7. The summed E-state index contributed by atoms with van der Waals surface area (Å²) < 4.78 is 12.9.